The van der Waals surface area contributed by atoms with Crippen LogP contribution in [-0.4, -0.2) is 73.7 Å². The van der Waals surface area contributed by atoms with Gasteiger partial charge in [0.15, 0.2) is 11.5 Å². The molecule has 0 aliphatic carbocycles. The standard InChI is InChI=1S/C18H18N8O2/c1-24-16-12(8-21-24)17(23-15(22-16)11-3-2-4-19-7-11)25-5-6-26-13(10-25)18(28)20-9-14(26)27/h2-4,7-8,13H,5-6,9-10H2,1H3,(H,20,28). The van der Waals surface area contributed by atoms with Gasteiger partial charge in [0, 0.05) is 44.6 Å². The van der Waals surface area contributed by atoms with Crippen molar-refractivity contribution in [3.63, 3.8) is 0 Å². The number of fused-ring (bicyclic) bond motifs is 2. The van der Waals surface area contributed by atoms with Gasteiger partial charge in [-0.15, -0.1) is 0 Å². The van der Waals surface area contributed by atoms with E-state index in [1.165, 1.54) is 0 Å². The topological polar surface area (TPSA) is 109 Å². The molecule has 2 saturated heterocycles. The van der Waals surface area contributed by atoms with E-state index >= 15 is 0 Å². The summed E-state index contributed by atoms with van der Waals surface area (Å²) in [6, 6.07) is 3.22. The second kappa shape index (κ2) is 6.25. The van der Waals surface area contributed by atoms with E-state index in [4.69, 9.17) is 4.98 Å². The molecule has 10 nitrogen and oxygen atoms in total. The maximum absolute atomic E-state index is 12.3. The molecule has 142 valence electrons. The Balaban J connectivity index is 1.59. The molecule has 1 N–H and O–H groups in total. The molecule has 2 fully saturated rings. The summed E-state index contributed by atoms with van der Waals surface area (Å²) in [5.41, 5.74) is 1.51. The Hall–Kier alpha value is -3.56. The van der Waals surface area contributed by atoms with Gasteiger partial charge >= 0.3 is 0 Å². The molecule has 1 unspecified atom stereocenters. The smallest absolute Gasteiger partial charge is 0.245 e. The summed E-state index contributed by atoms with van der Waals surface area (Å²) in [4.78, 5) is 41.7. The molecule has 2 amide bonds. The summed E-state index contributed by atoms with van der Waals surface area (Å²) in [5.74, 6) is 1.08. The first kappa shape index (κ1) is 16.6. The van der Waals surface area contributed by atoms with Gasteiger partial charge in [0.25, 0.3) is 0 Å². The number of hydrogen-bond donors (Lipinski definition) is 1. The molecule has 3 aromatic rings. The molecule has 2 aliphatic rings. The molecule has 0 bridgehead atoms. The molecule has 0 saturated carbocycles. The van der Waals surface area contributed by atoms with E-state index in [1.807, 2.05) is 24.1 Å². The molecule has 0 spiro atoms. The van der Waals surface area contributed by atoms with Gasteiger partial charge in [0.1, 0.15) is 11.9 Å². The van der Waals surface area contributed by atoms with E-state index in [0.29, 0.717) is 36.9 Å². The lowest BCUT2D eigenvalue weighted by molar-refractivity contribution is -0.146. The van der Waals surface area contributed by atoms with Crippen LogP contribution in [0.5, 0.6) is 0 Å². The van der Waals surface area contributed by atoms with Crippen LogP contribution in [0.4, 0.5) is 5.82 Å². The molecule has 2 aliphatic heterocycles. The number of pyridine rings is 1. The van der Waals surface area contributed by atoms with Crippen molar-refractivity contribution in [2.45, 2.75) is 6.04 Å². The van der Waals surface area contributed by atoms with Gasteiger partial charge < -0.3 is 15.1 Å². The SMILES string of the molecule is Cn1ncc2c(N3CCN4C(=O)CNC(=O)C4C3)nc(-c3cccnc3)nc21. The van der Waals surface area contributed by atoms with Crippen LogP contribution in [0.15, 0.2) is 30.7 Å². The predicted molar refractivity (Wildman–Crippen MR) is 100 cm³/mol. The van der Waals surface area contributed by atoms with Crippen molar-refractivity contribution in [2.75, 3.05) is 31.1 Å². The van der Waals surface area contributed by atoms with Crippen molar-refractivity contribution in [3.05, 3.63) is 30.7 Å². The van der Waals surface area contributed by atoms with Crippen molar-refractivity contribution >= 4 is 28.7 Å². The first-order valence-corrected chi connectivity index (χ1v) is 9.04. The number of nitrogens with zero attached hydrogens (tertiary/aromatic N) is 7. The average molecular weight is 378 g/mol. The Labute approximate surface area is 160 Å². The van der Waals surface area contributed by atoms with E-state index in [-0.39, 0.29) is 18.4 Å². The quantitative estimate of drug-likeness (QED) is 0.645. The van der Waals surface area contributed by atoms with Crippen LogP contribution in [0.2, 0.25) is 0 Å². The third-order valence-corrected chi connectivity index (χ3v) is 5.21. The number of rotatable bonds is 2. The van der Waals surface area contributed by atoms with Crippen LogP contribution >= 0.6 is 0 Å². The maximum Gasteiger partial charge on any atom is 0.245 e. The molecule has 0 aromatic carbocycles. The predicted octanol–water partition coefficient (Wildman–Crippen LogP) is -0.428. The van der Waals surface area contributed by atoms with Crippen LogP contribution in [0, 0.1) is 0 Å². The van der Waals surface area contributed by atoms with Gasteiger partial charge in [-0.3, -0.25) is 19.3 Å². The van der Waals surface area contributed by atoms with Crippen molar-refractivity contribution in [3.8, 4) is 11.4 Å². The molecular formula is C18H18N8O2. The average Bonchev–Trinajstić information content (AvgIpc) is 3.11. The van der Waals surface area contributed by atoms with E-state index in [9.17, 15) is 9.59 Å². The van der Waals surface area contributed by atoms with Crippen molar-refractivity contribution in [2.24, 2.45) is 7.05 Å². The second-order valence-electron chi connectivity index (χ2n) is 6.88. The van der Waals surface area contributed by atoms with E-state index in [0.717, 1.165) is 10.9 Å². The van der Waals surface area contributed by atoms with Gasteiger partial charge in [0.2, 0.25) is 11.8 Å². The van der Waals surface area contributed by atoms with Crippen molar-refractivity contribution < 1.29 is 9.59 Å². The summed E-state index contributed by atoms with van der Waals surface area (Å²) in [6.07, 6.45) is 5.15. The number of piperazine rings is 2. The molecule has 5 rings (SSSR count). The number of hydrogen-bond acceptors (Lipinski definition) is 7. The Morgan fingerprint density at radius 3 is 2.89 bits per heavy atom. The fourth-order valence-corrected chi connectivity index (χ4v) is 3.75. The highest BCUT2D eigenvalue weighted by Crippen LogP contribution is 2.29. The molecule has 5 heterocycles. The number of carbonyl (C=O) groups excluding carboxylic acids is 2. The van der Waals surface area contributed by atoms with Gasteiger partial charge in [-0.05, 0) is 12.1 Å². The summed E-state index contributed by atoms with van der Waals surface area (Å²) in [5, 5.41) is 7.80. The Bertz CT molecular complexity index is 1080. The summed E-state index contributed by atoms with van der Waals surface area (Å²) in [6.45, 7) is 1.51. The highest BCUT2D eigenvalue weighted by molar-refractivity contribution is 5.96. The zero-order valence-corrected chi connectivity index (χ0v) is 15.2. The number of carbonyl (C=O) groups is 2. The fourth-order valence-electron chi connectivity index (χ4n) is 3.75. The summed E-state index contributed by atoms with van der Waals surface area (Å²) < 4.78 is 1.70. The summed E-state index contributed by atoms with van der Waals surface area (Å²) in [7, 11) is 1.83. The summed E-state index contributed by atoms with van der Waals surface area (Å²) >= 11 is 0. The number of nitrogens with one attached hydrogen (secondary N) is 1. The minimum Gasteiger partial charge on any atom is -0.351 e. The van der Waals surface area contributed by atoms with Crippen molar-refractivity contribution in [1.29, 1.82) is 0 Å². The Morgan fingerprint density at radius 2 is 2.07 bits per heavy atom. The highest BCUT2D eigenvalue weighted by Gasteiger charge is 2.39. The number of amides is 2. The molecule has 28 heavy (non-hydrogen) atoms. The minimum absolute atomic E-state index is 0.0467. The number of aryl methyl sites for hydroxylation is 1. The highest BCUT2D eigenvalue weighted by atomic mass is 16.2. The van der Waals surface area contributed by atoms with E-state index in [2.05, 4.69) is 20.4 Å². The van der Waals surface area contributed by atoms with Gasteiger partial charge in [-0.25, -0.2) is 9.97 Å². The molecular weight excluding hydrogens is 360 g/mol. The van der Waals surface area contributed by atoms with Crippen LogP contribution in [0.3, 0.4) is 0 Å². The largest absolute Gasteiger partial charge is 0.351 e. The van der Waals surface area contributed by atoms with Gasteiger partial charge in [-0.2, -0.15) is 5.10 Å². The van der Waals surface area contributed by atoms with Crippen LogP contribution in [0.25, 0.3) is 22.4 Å². The lowest BCUT2D eigenvalue weighted by Gasteiger charge is -2.43. The molecule has 1 atom stereocenters. The number of anilines is 1. The Kier molecular flexibility index (Phi) is 3.71. The molecule has 3 aromatic heterocycles. The first-order valence-electron chi connectivity index (χ1n) is 9.04. The van der Waals surface area contributed by atoms with E-state index < -0.39 is 6.04 Å². The van der Waals surface area contributed by atoms with Gasteiger partial charge in [0.05, 0.1) is 18.1 Å². The van der Waals surface area contributed by atoms with Crippen LogP contribution < -0.4 is 10.2 Å². The van der Waals surface area contributed by atoms with Crippen LogP contribution in [0.1, 0.15) is 0 Å². The van der Waals surface area contributed by atoms with E-state index in [1.54, 1.807) is 28.2 Å². The first-order chi connectivity index (χ1) is 13.6. The molecule has 0 radical (unpaired) electrons. The third-order valence-electron chi connectivity index (χ3n) is 5.21. The van der Waals surface area contributed by atoms with Gasteiger partial charge in [-0.1, -0.05) is 0 Å². The molecule has 10 heteroatoms. The zero-order valence-electron chi connectivity index (χ0n) is 15.2. The van der Waals surface area contributed by atoms with Crippen LogP contribution in [-0.2, 0) is 16.6 Å². The zero-order chi connectivity index (χ0) is 19.3. The normalized spacial score (nSPS) is 19.7. The third kappa shape index (κ3) is 2.56. The lowest BCUT2D eigenvalue weighted by Crippen LogP contribution is -2.66. The monoisotopic (exact) mass is 378 g/mol. The van der Waals surface area contributed by atoms with Crippen molar-refractivity contribution in [1.82, 2.24) is 34.9 Å². The second-order valence-corrected chi connectivity index (χ2v) is 6.88. The fraction of sp³-hybridized carbons (Fsp3) is 0.333. The minimum atomic E-state index is -0.515. The maximum atomic E-state index is 12.3. The lowest BCUT2D eigenvalue weighted by atomic mass is 10.1. The Morgan fingerprint density at radius 1 is 1.18 bits per heavy atom. The number of aromatic nitrogens is 5.